The highest BCUT2D eigenvalue weighted by atomic mass is 16.5. The largest absolute Gasteiger partial charge is 0.469 e. The van der Waals surface area contributed by atoms with Crippen molar-refractivity contribution in [2.75, 3.05) is 13.7 Å². The minimum Gasteiger partial charge on any atom is -0.469 e. The molecule has 0 saturated carbocycles. The molecule has 1 N–H and O–H groups in total. The molecular formula is C7H14O4. The number of carbonyl (C=O) groups excluding carboxylic acids is 2. The first kappa shape index (κ1) is 12.7. The van der Waals surface area contributed by atoms with Gasteiger partial charge in [-0.15, -0.1) is 0 Å². The monoisotopic (exact) mass is 162 g/mol. The van der Waals surface area contributed by atoms with Crippen LogP contribution in [0.15, 0.2) is 0 Å². The summed E-state index contributed by atoms with van der Waals surface area (Å²) in [7, 11) is 1.30. The molecule has 0 amide bonds. The third-order valence-corrected chi connectivity index (χ3v) is 0.877. The van der Waals surface area contributed by atoms with Crippen LogP contribution in [0.25, 0.3) is 0 Å². The summed E-state index contributed by atoms with van der Waals surface area (Å²) in [4.78, 5) is 19.2. The summed E-state index contributed by atoms with van der Waals surface area (Å²) in [5.41, 5.74) is 0. The first-order chi connectivity index (χ1) is 5.13. The molecule has 0 aromatic rings. The molecule has 66 valence electrons. The molecule has 0 aliphatic rings. The van der Waals surface area contributed by atoms with Gasteiger partial charge in [-0.25, -0.2) is 0 Å². The van der Waals surface area contributed by atoms with Crippen LogP contribution in [0.2, 0.25) is 0 Å². The Labute approximate surface area is 66.2 Å². The Morgan fingerprint density at radius 2 is 2.09 bits per heavy atom. The van der Waals surface area contributed by atoms with Crippen molar-refractivity contribution in [3.63, 3.8) is 0 Å². The second-order valence-electron chi connectivity index (χ2n) is 1.84. The fourth-order valence-electron chi connectivity index (χ4n) is 0.276. The minimum absolute atomic E-state index is 0.146. The van der Waals surface area contributed by atoms with Crippen molar-refractivity contribution >= 4 is 12.3 Å². The van der Waals surface area contributed by atoms with Gasteiger partial charge in [-0.3, -0.25) is 4.79 Å². The summed E-state index contributed by atoms with van der Waals surface area (Å²) in [5.74, 6) is -0.757. The second-order valence-corrected chi connectivity index (χ2v) is 1.84. The molecule has 0 heterocycles. The fourth-order valence-corrected chi connectivity index (χ4v) is 0.276. The Kier molecular flexibility index (Phi) is 10.5. The number of carbonyl (C=O) groups is 2. The maximum absolute atomic E-state index is 10.4. The van der Waals surface area contributed by atoms with Crippen molar-refractivity contribution in [3.05, 3.63) is 0 Å². The van der Waals surface area contributed by atoms with Crippen molar-refractivity contribution in [1.82, 2.24) is 0 Å². The van der Waals surface area contributed by atoms with E-state index in [9.17, 15) is 4.79 Å². The fraction of sp³-hybridized carbons (Fsp3) is 0.714. The maximum Gasteiger partial charge on any atom is 0.310 e. The smallest absolute Gasteiger partial charge is 0.310 e. The molecule has 1 unspecified atom stereocenters. The van der Waals surface area contributed by atoms with Gasteiger partial charge in [-0.2, -0.15) is 0 Å². The predicted molar refractivity (Wildman–Crippen MR) is 40.0 cm³/mol. The highest BCUT2D eigenvalue weighted by molar-refractivity contribution is 5.71. The normalized spacial score (nSPS) is 10.5. The van der Waals surface area contributed by atoms with Crippen molar-refractivity contribution in [2.24, 2.45) is 5.92 Å². The molecule has 4 heteroatoms. The van der Waals surface area contributed by atoms with E-state index in [-0.39, 0.29) is 18.5 Å². The number of aliphatic hydroxyl groups is 1. The lowest BCUT2D eigenvalue weighted by molar-refractivity contribution is -0.146. The first-order valence-corrected chi connectivity index (χ1v) is 3.22. The van der Waals surface area contributed by atoms with Gasteiger partial charge >= 0.3 is 5.97 Å². The third-order valence-electron chi connectivity index (χ3n) is 0.877. The van der Waals surface area contributed by atoms with E-state index >= 15 is 0 Å². The van der Waals surface area contributed by atoms with Crippen LogP contribution in [0.1, 0.15) is 13.8 Å². The maximum atomic E-state index is 10.4. The molecule has 0 spiro atoms. The lowest BCUT2D eigenvalue weighted by atomic mass is 10.2. The molecule has 0 bridgehead atoms. The van der Waals surface area contributed by atoms with E-state index in [1.165, 1.54) is 14.0 Å². The van der Waals surface area contributed by atoms with Crippen molar-refractivity contribution in [1.29, 1.82) is 0 Å². The van der Waals surface area contributed by atoms with Crippen LogP contribution in [0, 0.1) is 5.92 Å². The molecule has 0 aliphatic carbocycles. The Morgan fingerprint density at radius 3 is 2.18 bits per heavy atom. The van der Waals surface area contributed by atoms with E-state index in [2.05, 4.69) is 4.74 Å². The number of aliphatic hydroxyl groups excluding tert-OH is 1. The summed E-state index contributed by atoms with van der Waals surface area (Å²) in [6, 6.07) is 0. The number of rotatable bonds is 2. The summed E-state index contributed by atoms with van der Waals surface area (Å²) >= 11 is 0. The number of esters is 1. The van der Waals surface area contributed by atoms with Crippen LogP contribution in [0.3, 0.4) is 0 Å². The summed E-state index contributed by atoms with van der Waals surface area (Å²) in [6.45, 7) is 2.90. The molecule has 0 rings (SSSR count). The molecule has 0 aliphatic heterocycles. The van der Waals surface area contributed by atoms with E-state index in [1.807, 2.05) is 0 Å². The lowest BCUT2D eigenvalue weighted by Gasteiger charge is -2.02. The van der Waals surface area contributed by atoms with Crippen molar-refractivity contribution < 1.29 is 19.4 Å². The van der Waals surface area contributed by atoms with Gasteiger partial charge in [0.1, 0.15) is 6.29 Å². The van der Waals surface area contributed by atoms with Gasteiger partial charge in [0.05, 0.1) is 19.6 Å². The van der Waals surface area contributed by atoms with E-state index in [1.54, 1.807) is 6.92 Å². The van der Waals surface area contributed by atoms with Gasteiger partial charge in [0.2, 0.25) is 0 Å². The summed E-state index contributed by atoms with van der Waals surface area (Å²) in [5, 5.41) is 8.34. The Balaban J connectivity index is 0. The second kappa shape index (κ2) is 9.10. The van der Waals surface area contributed by atoms with E-state index < -0.39 is 0 Å². The van der Waals surface area contributed by atoms with Gasteiger partial charge in [0.15, 0.2) is 0 Å². The lowest BCUT2D eigenvalue weighted by Crippen LogP contribution is -2.15. The van der Waals surface area contributed by atoms with Crippen LogP contribution in [-0.4, -0.2) is 31.1 Å². The number of hydrogen-bond acceptors (Lipinski definition) is 4. The van der Waals surface area contributed by atoms with E-state index in [0.717, 1.165) is 6.29 Å². The van der Waals surface area contributed by atoms with Crippen molar-refractivity contribution in [2.45, 2.75) is 13.8 Å². The Morgan fingerprint density at radius 1 is 1.73 bits per heavy atom. The molecule has 0 radical (unpaired) electrons. The predicted octanol–water partition coefficient (Wildman–Crippen LogP) is -0.00700. The molecule has 0 saturated heterocycles. The quantitative estimate of drug-likeness (QED) is 0.458. The van der Waals surface area contributed by atoms with Gasteiger partial charge in [0, 0.05) is 0 Å². The van der Waals surface area contributed by atoms with Crippen LogP contribution >= 0.6 is 0 Å². The molecule has 4 nitrogen and oxygen atoms in total. The van der Waals surface area contributed by atoms with Gasteiger partial charge in [0.25, 0.3) is 0 Å². The van der Waals surface area contributed by atoms with Crippen LogP contribution in [-0.2, 0) is 14.3 Å². The first-order valence-electron chi connectivity index (χ1n) is 3.22. The standard InChI is InChI=1S/C5H10O3.C2H4O/c1-4(3-6)5(7)8-2;1-2-3/h4,6H,3H2,1-2H3;2H,1H3. The van der Waals surface area contributed by atoms with E-state index in [0.29, 0.717) is 0 Å². The van der Waals surface area contributed by atoms with Gasteiger partial charge in [-0.1, -0.05) is 0 Å². The average molecular weight is 162 g/mol. The zero-order valence-corrected chi connectivity index (χ0v) is 7.03. The van der Waals surface area contributed by atoms with Crippen LogP contribution in [0.5, 0.6) is 0 Å². The highest BCUT2D eigenvalue weighted by Gasteiger charge is 2.09. The zero-order valence-electron chi connectivity index (χ0n) is 7.03. The van der Waals surface area contributed by atoms with Crippen LogP contribution < -0.4 is 0 Å². The number of methoxy groups -OCH3 is 1. The number of hydrogen-bond donors (Lipinski definition) is 1. The third kappa shape index (κ3) is 9.10. The Hall–Kier alpha value is -0.900. The number of ether oxygens (including phenoxy) is 1. The molecule has 11 heavy (non-hydrogen) atoms. The minimum atomic E-state index is -0.389. The van der Waals surface area contributed by atoms with Gasteiger partial charge in [-0.05, 0) is 13.8 Å². The topological polar surface area (TPSA) is 63.6 Å². The summed E-state index contributed by atoms with van der Waals surface area (Å²) in [6.07, 6.45) is 0.750. The molecule has 0 aromatic carbocycles. The Bertz CT molecular complexity index is 111. The highest BCUT2D eigenvalue weighted by Crippen LogP contribution is 1.93. The zero-order chi connectivity index (χ0) is 9.28. The van der Waals surface area contributed by atoms with Crippen LogP contribution in [0.4, 0.5) is 0 Å². The molecule has 1 atom stereocenters. The SMILES string of the molecule is CC=O.COC(=O)C(C)CO. The molecule has 0 aromatic heterocycles. The number of aldehydes is 1. The summed E-state index contributed by atoms with van der Waals surface area (Å²) < 4.78 is 4.30. The molecule has 0 fully saturated rings. The molecular weight excluding hydrogens is 148 g/mol. The average Bonchev–Trinajstić information content (AvgIpc) is 2.03. The van der Waals surface area contributed by atoms with E-state index in [4.69, 9.17) is 9.90 Å². The van der Waals surface area contributed by atoms with Crippen molar-refractivity contribution in [3.8, 4) is 0 Å². The van der Waals surface area contributed by atoms with Gasteiger partial charge < -0.3 is 14.6 Å².